The molecule has 2 atom stereocenters. The van der Waals surface area contributed by atoms with Gasteiger partial charge in [0.2, 0.25) is 5.91 Å². The van der Waals surface area contributed by atoms with Crippen LogP contribution >= 0.6 is 0 Å². The molecule has 2 rings (SSSR count). The van der Waals surface area contributed by atoms with Crippen molar-refractivity contribution in [3.05, 3.63) is 23.8 Å². The van der Waals surface area contributed by atoms with Crippen molar-refractivity contribution in [2.75, 3.05) is 26.0 Å². The maximum absolute atomic E-state index is 12.3. The van der Waals surface area contributed by atoms with Gasteiger partial charge in [0, 0.05) is 19.7 Å². The minimum Gasteiger partial charge on any atom is -0.492 e. The third-order valence-electron chi connectivity index (χ3n) is 4.12. The fourth-order valence-corrected chi connectivity index (χ4v) is 2.63. The van der Waals surface area contributed by atoms with E-state index < -0.39 is 17.8 Å². The molecule has 1 aromatic rings. The molecule has 2 amide bonds. The van der Waals surface area contributed by atoms with Gasteiger partial charge in [-0.05, 0) is 38.0 Å². The van der Waals surface area contributed by atoms with Crippen LogP contribution in [-0.4, -0.2) is 48.5 Å². The van der Waals surface area contributed by atoms with Crippen LogP contribution in [0.5, 0.6) is 5.75 Å². The van der Waals surface area contributed by atoms with Crippen molar-refractivity contribution in [2.45, 2.75) is 19.8 Å². The van der Waals surface area contributed by atoms with Crippen LogP contribution < -0.4 is 10.1 Å². The predicted octanol–water partition coefficient (Wildman–Crippen LogP) is 1.84. The van der Waals surface area contributed by atoms with E-state index in [-0.39, 0.29) is 11.8 Å². The molecular weight excluding hydrogens is 312 g/mol. The summed E-state index contributed by atoms with van der Waals surface area (Å²) in [5.74, 6) is -2.21. The van der Waals surface area contributed by atoms with E-state index in [1.807, 2.05) is 0 Å². The quantitative estimate of drug-likeness (QED) is 0.827. The molecule has 2 unspecified atom stereocenters. The van der Waals surface area contributed by atoms with E-state index in [4.69, 9.17) is 9.84 Å². The second-order valence-electron chi connectivity index (χ2n) is 5.96. The number of benzene rings is 1. The zero-order valence-electron chi connectivity index (χ0n) is 14.0. The van der Waals surface area contributed by atoms with E-state index in [9.17, 15) is 14.4 Å². The minimum atomic E-state index is -0.946. The Morgan fingerprint density at radius 3 is 2.42 bits per heavy atom. The first-order valence-corrected chi connectivity index (χ1v) is 7.87. The lowest BCUT2D eigenvalue weighted by atomic mass is 9.73. The van der Waals surface area contributed by atoms with Crippen LogP contribution in [0.3, 0.4) is 0 Å². The number of aliphatic carboxylic acids is 1. The average Bonchev–Trinajstić information content (AvgIpc) is 2.46. The Hall–Kier alpha value is -2.57. The van der Waals surface area contributed by atoms with Crippen LogP contribution in [0.2, 0.25) is 0 Å². The van der Waals surface area contributed by atoms with Crippen LogP contribution in [0.15, 0.2) is 18.2 Å². The highest BCUT2D eigenvalue weighted by Crippen LogP contribution is 2.36. The first kappa shape index (κ1) is 17.8. The number of carboxylic acids is 1. The first-order valence-electron chi connectivity index (χ1n) is 7.87. The summed E-state index contributed by atoms with van der Waals surface area (Å²) in [6.07, 6.45) is 1.08. The molecule has 0 aliphatic heterocycles. The zero-order chi connectivity index (χ0) is 17.9. The van der Waals surface area contributed by atoms with Gasteiger partial charge < -0.3 is 20.1 Å². The molecule has 130 valence electrons. The number of anilines is 1. The fraction of sp³-hybridized carbons (Fsp3) is 0.471. The van der Waals surface area contributed by atoms with E-state index in [0.29, 0.717) is 36.4 Å². The smallest absolute Gasteiger partial charge is 0.307 e. The highest BCUT2D eigenvalue weighted by Gasteiger charge is 2.41. The van der Waals surface area contributed by atoms with Gasteiger partial charge in [0.15, 0.2) is 0 Å². The van der Waals surface area contributed by atoms with Crippen LogP contribution in [0.4, 0.5) is 5.69 Å². The molecule has 2 N–H and O–H groups in total. The Labute approximate surface area is 140 Å². The molecule has 1 aromatic carbocycles. The lowest BCUT2D eigenvalue weighted by Crippen LogP contribution is -2.41. The standard InChI is InChI=1S/C17H22N2O5/c1-4-24-14-9-10(16(21)19(2)3)5-8-13(14)18-15(20)11-6-7-12(11)17(22)23/h5,8-9,11-12H,4,6-7H2,1-3H3,(H,18,20)(H,22,23). The van der Waals surface area contributed by atoms with Crippen molar-refractivity contribution < 1.29 is 24.2 Å². The Kier molecular flexibility index (Phi) is 5.43. The summed E-state index contributed by atoms with van der Waals surface area (Å²) in [5, 5.41) is 11.8. The van der Waals surface area contributed by atoms with Gasteiger partial charge >= 0.3 is 5.97 Å². The van der Waals surface area contributed by atoms with E-state index in [1.54, 1.807) is 39.2 Å². The third kappa shape index (κ3) is 3.67. The van der Waals surface area contributed by atoms with Gasteiger partial charge in [0.05, 0.1) is 24.1 Å². The SMILES string of the molecule is CCOc1cc(C(=O)N(C)C)ccc1NC(=O)C1CCC1C(=O)O. The van der Waals surface area contributed by atoms with Gasteiger partial charge in [-0.15, -0.1) is 0 Å². The number of carbonyl (C=O) groups is 3. The van der Waals surface area contributed by atoms with Gasteiger partial charge in [-0.2, -0.15) is 0 Å². The molecule has 0 aromatic heterocycles. The number of hydrogen-bond acceptors (Lipinski definition) is 4. The number of nitrogens with one attached hydrogen (secondary N) is 1. The summed E-state index contributed by atoms with van der Waals surface area (Å²) in [6, 6.07) is 4.79. The van der Waals surface area contributed by atoms with Gasteiger partial charge in [0.1, 0.15) is 5.75 Å². The van der Waals surface area contributed by atoms with Crippen LogP contribution in [0.1, 0.15) is 30.1 Å². The minimum absolute atomic E-state index is 0.168. The van der Waals surface area contributed by atoms with Crippen LogP contribution in [-0.2, 0) is 9.59 Å². The lowest BCUT2D eigenvalue weighted by molar-refractivity contribution is -0.151. The topological polar surface area (TPSA) is 95.9 Å². The highest BCUT2D eigenvalue weighted by molar-refractivity contribution is 5.99. The predicted molar refractivity (Wildman–Crippen MR) is 88.1 cm³/mol. The highest BCUT2D eigenvalue weighted by atomic mass is 16.5. The molecule has 7 nitrogen and oxygen atoms in total. The molecule has 0 bridgehead atoms. The Bertz CT molecular complexity index is 656. The number of ether oxygens (including phenoxy) is 1. The number of carboxylic acid groups (broad SMARTS) is 1. The van der Waals surface area contributed by atoms with Crippen molar-refractivity contribution >= 4 is 23.5 Å². The van der Waals surface area contributed by atoms with E-state index >= 15 is 0 Å². The monoisotopic (exact) mass is 334 g/mol. The molecule has 7 heteroatoms. The normalized spacial score (nSPS) is 19.1. The van der Waals surface area contributed by atoms with Crippen molar-refractivity contribution in [1.29, 1.82) is 0 Å². The van der Waals surface area contributed by atoms with Gasteiger partial charge in [-0.1, -0.05) is 0 Å². The maximum atomic E-state index is 12.3. The Morgan fingerprint density at radius 2 is 1.92 bits per heavy atom. The fourth-order valence-electron chi connectivity index (χ4n) is 2.63. The summed E-state index contributed by atoms with van der Waals surface area (Å²) < 4.78 is 5.51. The third-order valence-corrected chi connectivity index (χ3v) is 4.12. The second kappa shape index (κ2) is 7.33. The van der Waals surface area contributed by atoms with Crippen LogP contribution in [0, 0.1) is 11.8 Å². The summed E-state index contributed by atoms with van der Waals surface area (Å²) in [5.41, 5.74) is 0.890. The van der Waals surface area contributed by atoms with E-state index in [2.05, 4.69) is 5.32 Å². The molecule has 1 saturated carbocycles. The number of hydrogen-bond donors (Lipinski definition) is 2. The molecule has 24 heavy (non-hydrogen) atoms. The molecule has 0 radical (unpaired) electrons. The van der Waals surface area contributed by atoms with Crippen molar-refractivity contribution in [3.63, 3.8) is 0 Å². The van der Waals surface area contributed by atoms with E-state index in [0.717, 1.165) is 0 Å². The van der Waals surface area contributed by atoms with E-state index in [1.165, 1.54) is 4.90 Å². The summed E-state index contributed by atoms with van der Waals surface area (Å²) in [7, 11) is 3.31. The number of rotatable bonds is 6. The van der Waals surface area contributed by atoms with Crippen LogP contribution in [0.25, 0.3) is 0 Å². The summed E-state index contributed by atoms with van der Waals surface area (Å²) >= 11 is 0. The molecule has 0 heterocycles. The van der Waals surface area contributed by atoms with Gasteiger partial charge in [0.25, 0.3) is 5.91 Å². The largest absolute Gasteiger partial charge is 0.492 e. The molecule has 0 spiro atoms. The maximum Gasteiger partial charge on any atom is 0.307 e. The van der Waals surface area contributed by atoms with Crippen molar-refractivity contribution in [2.24, 2.45) is 11.8 Å². The lowest BCUT2D eigenvalue weighted by Gasteiger charge is -2.32. The molecule has 1 aliphatic carbocycles. The zero-order valence-corrected chi connectivity index (χ0v) is 14.0. The molecule has 0 saturated heterocycles. The molecule has 1 aliphatic rings. The van der Waals surface area contributed by atoms with Crippen molar-refractivity contribution in [1.82, 2.24) is 4.90 Å². The first-order chi connectivity index (χ1) is 11.3. The average molecular weight is 334 g/mol. The second-order valence-corrected chi connectivity index (χ2v) is 5.96. The number of carbonyl (C=O) groups excluding carboxylic acids is 2. The van der Waals surface area contributed by atoms with Crippen molar-refractivity contribution in [3.8, 4) is 5.75 Å². The molecular formula is C17H22N2O5. The van der Waals surface area contributed by atoms with Gasteiger partial charge in [-0.25, -0.2) is 0 Å². The number of nitrogens with zero attached hydrogens (tertiary/aromatic N) is 1. The Morgan fingerprint density at radius 1 is 1.25 bits per heavy atom. The Balaban J connectivity index is 2.18. The number of amides is 2. The summed E-state index contributed by atoms with van der Waals surface area (Å²) in [4.78, 5) is 36.8. The summed E-state index contributed by atoms with van der Waals surface area (Å²) in [6.45, 7) is 2.18. The van der Waals surface area contributed by atoms with Gasteiger partial charge in [-0.3, -0.25) is 14.4 Å². The molecule has 1 fully saturated rings.